The Labute approximate surface area is 131 Å². The van der Waals surface area contributed by atoms with Gasteiger partial charge in [-0.05, 0) is 47.2 Å². The minimum absolute atomic E-state index is 0.142. The van der Waals surface area contributed by atoms with E-state index < -0.39 is 0 Å². The van der Waals surface area contributed by atoms with E-state index in [1.807, 2.05) is 27.8 Å². The molecule has 0 saturated carbocycles. The molecular weight excluding hydrogens is 266 g/mol. The first-order valence-corrected chi connectivity index (χ1v) is 7.83. The van der Waals surface area contributed by atoms with Gasteiger partial charge in [-0.15, -0.1) is 0 Å². The van der Waals surface area contributed by atoms with Crippen LogP contribution >= 0.6 is 0 Å². The van der Waals surface area contributed by atoms with Gasteiger partial charge >= 0.3 is 0 Å². The molecule has 0 spiro atoms. The second-order valence-electron chi connectivity index (χ2n) is 7.12. The van der Waals surface area contributed by atoms with Crippen LogP contribution in [0.2, 0.25) is 0 Å². The molecule has 0 amide bonds. The third-order valence-corrected chi connectivity index (χ3v) is 3.05. The number of ketones is 1. The first-order valence-electron chi connectivity index (χ1n) is 7.83. The zero-order valence-electron chi connectivity index (χ0n) is 15.3. The summed E-state index contributed by atoms with van der Waals surface area (Å²) >= 11 is 0. The summed E-state index contributed by atoms with van der Waals surface area (Å²) in [5.41, 5.74) is -0.460. The molecule has 0 aliphatic rings. The minimum Gasteiger partial charge on any atom is -0.462 e. The van der Waals surface area contributed by atoms with Crippen LogP contribution in [0.4, 0.5) is 0 Å². The van der Waals surface area contributed by atoms with E-state index in [1.165, 1.54) is 0 Å². The summed E-state index contributed by atoms with van der Waals surface area (Å²) in [6.07, 6.45) is 3.18. The number of Topliss-reactive ketones (excluding diaryl/α,β-unsaturated/α-hetero) is 1. The molecule has 0 heterocycles. The third-order valence-electron chi connectivity index (χ3n) is 3.05. The molecular formula is C17H35NO3. The average Bonchev–Trinajstić information content (AvgIpc) is 2.28. The Morgan fingerprint density at radius 1 is 1.10 bits per heavy atom. The lowest BCUT2D eigenvalue weighted by Crippen LogP contribution is -2.35. The van der Waals surface area contributed by atoms with E-state index in [0.29, 0.717) is 18.8 Å². The summed E-state index contributed by atoms with van der Waals surface area (Å²) in [7, 11) is 2.02. The van der Waals surface area contributed by atoms with Crippen LogP contribution in [0.5, 0.6) is 0 Å². The maximum atomic E-state index is 11.9. The van der Waals surface area contributed by atoms with Crippen molar-refractivity contribution >= 4 is 12.3 Å². The lowest BCUT2D eigenvalue weighted by Gasteiger charge is -2.25. The molecule has 0 fully saturated rings. The van der Waals surface area contributed by atoms with Crippen LogP contribution in [0, 0.1) is 5.41 Å². The largest absolute Gasteiger partial charge is 0.462 e. The van der Waals surface area contributed by atoms with Crippen molar-refractivity contribution in [3.63, 3.8) is 0 Å². The summed E-state index contributed by atoms with van der Waals surface area (Å²) in [5, 5.41) is 0. The summed E-state index contributed by atoms with van der Waals surface area (Å²) in [6, 6.07) is 0. The van der Waals surface area contributed by atoms with Crippen LogP contribution in [-0.4, -0.2) is 42.9 Å². The number of likely N-dealkylation sites (N-methyl/N-ethyl adjacent to an activating group) is 1. The molecule has 4 heteroatoms. The molecule has 0 N–H and O–H groups in total. The molecule has 0 rings (SSSR count). The van der Waals surface area contributed by atoms with Gasteiger partial charge in [0, 0.05) is 5.41 Å². The molecule has 0 radical (unpaired) electrons. The van der Waals surface area contributed by atoms with E-state index in [9.17, 15) is 9.59 Å². The van der Waals surface area contributed by atoms with E-state index in [4.69, 9.17) is 0 Å². The van der Waals surface area contributed by atoms with E-state index in [-0.39, 0.29) is 11.0 Å². The van der Waals surface area contributed by atoms with Gasteiger partial charge in [-0.2, -0.15) is 0 Å². The summed E-state index contributed by atoms with van der Waals surface area (Å²) < 4.78 is 4.55. The maximum Gasteiger partial charge on any atom is 0.293 e. The van der Waals surface area contributed by atoms with Crippen LogP contribution in [0.15, 0.2) is 0 Å². The van der Waals surface area contributed by atoms with Crippen molar-refractivity contribution in [2.45, 2.75) is 73.3 Å². The Bertz CT molecular complexity index is 293. The van der Waals surface area contributed by atoms with Crippen molar-refractivity contribution in [2.24, 2.45) is 5.41 Å². The van der Waals surface area contributed by atoms with E-state index in [2.05, 4.69) is 37.3 Å². The van der Waals surface area contributed by atoms with Crippen molar-refractivity contribution in [1.29, 1.82) is 0 Å². The Kier molecular flexibility index (Phi) is 11.5. The molecule has 0 unspecified atom stereocenters. The normalized spacial score (nSPS) is 11.7. The number of carbonyl (C=O) groups excluding carboxylic acids is 2. The molecule has 4 nitrogen and oxygen atoms in total. The van der Waals surface area contributed by atoms with Gasteiger partial charge in [0.15, 0.2) is 5.78 Å². The van der Waals surface area contributed by atoms with E-state index in [1.54, 1.807) is 0 Å². The molecule has 21 heavy (non-hydrogen) atoms. The Hall–Kier alpha value is -0.900. The van der Waals surface area contributed by atoms with Crippen LogP contribution < -0.4 is 0 Å². The number of carbonyl (C=O) groups is 2. The Morgan fingerprint density at radius 3 is 1.90 bits per heavy atom. The van der Waals surface area contributed by atoms with Crippen LogP contribution in [0.3, 0.4) is 0 Å². The fraction of sp³-hybridized carbons (Fsp3) is 0.882. The molecule has 0 aliphatic heterocycles. The molecule has 0 aromatic carbocycles. The van der Waals surface area contributed by atoms with Gasteiger partial charge in [0.25, 0.3) is 6.47 Å². The predicted octanol–water partition coefficient (Wildman–Crippen LogP) is 3.68. The summed E-state index contributed by atoms with van der Waals surface area (Å²) in [6.45, 7) is 15.9. The van der Waals surface area contributed by atoms with Gasteiger partial charge in [-0.3, -0.25) is 14.5 Å². The van der Waals surface area contributed by atoms with E-state index in [0.717, 1.165) is 25.8 Å². The van der Waals surface area contributed by atoms with Gasteiger partial charge in [0.2, 0.25) is 0 Å². The number of rotatable bonds is 8. The van der Waals surface area contributed by atoms with Gasteiger partial charge in [0.1, 0.15) is 5.60 Å². The summed E-state index contributed by atoms with van der Waals surface area (Å²) in [5.74, 6) is 0.371. The summed E-state index contributed by atoms with van der Waals surface area (Å²) in [4.78, 5) is 23.6. The maximum absolute atomic E-state index is 11.9. The number of hydrogen-bond donors (Lipinski definition) is 0. The number of ether oxygens (including phenoxy) is 1. The highest BCUT2D eigenvalue weighted by molar-refractivity contribution is 5.85. The molecule has 0 saturated heterocycles. The van der Waals surface area contributed by atoms with Crippen molar-refractivity contribution in [3.05, 3.63) is 0 Å². The highest BCUT2D eigenvalue weighted by atomic mass is 16.5. The monoisotopic (exact) mass is 301 g/mol. The van der Waals surface area contributed by atoms with Crippen molar-refractivity contribution in [3.8, 4) is 0 Å². The zero-order chi connectivity index (χ0) is 17.1. The molecule has 0 aromatic heterocycles. The zero-order valence-corrected chi connectivity index (χ0v) is 15.3. The van der Waals surface area contributed by atoms with Gasteiger partial charge in [-0.1, -0.05) is 34.1 Å². The van der Waals surface area contributed by atoms with Gasteiger partial charge < -0.3 is 4.74 Å². The average molecular weight is 301 g/mol. The van der Waals surface area contributed by atoms with Crippen molar-refractivity contribution in [1.82, 2.24) is 4.90 Å². The first-order chi connectivity index (χ1) is 9.50. The Balaban J connectivity index is 0. The molecule has 0 bridgehead atoms. The van der Waals surface area contributed by atoms with Crippen molar-refractivity contribution in [2.75, 3.05) is 20.1 Å². The van der Waals surface area contributed by atoms with Crippen LogP contribution in [-0.2, 0) is 14.3 Å². The SMILES string of the molecule is CC(C)(C)OC=O.CCCN(C)CC(=O)C(C)(C)CCC. The highest BCUT2D eigenvalue weighted by Crippen LogP contribution is 2.23. The third kappa shape index (κ3) is 13.8. The van der Waals surface area contributed by atoms with Gasteiger partial charge in [0.05, 0.1) is 6.54 Å². The molecule has 0 atom stereocenters. The molecule has 126 valence electrons. The van der Waals surface area contributed by atoms with Crippen molar-refractivity contribution < 1.29 is 14.3 Å². The predicted molar refractivity (Wildman–Crippen MR) is 88.4 cm³/mol. The highest BCUT2D eigenvalue weighted by Gasteiger charge is 2.26. The standard InChI is InChI=1S/C12H25NO.C5H10O2/c1-6-8-12(3,4)11(14)10-13(5)9-7-2;1-5(2,3)7-4-6/h6-10H2,1-5H3;4H,1-3H3. The smallest absolute Gasteiger partial charge is 0.293 e. The molecule has 0 aromatic rings. The lowest BCUT2D eigenvalue weighted by molar-refractivity contribution is -0.138. The van der Waals surface area contributed by atoms with Crippen LogP contribution in [0.25, 0.3) is 0 Å². The Morgan fingerprint density at radius 2 is 1.62 bits per heavy atom. The number of nitrogens with zero attached hydrogens (tertiary/aromatic N) is 1. The molecule has 0 aliphatic carbocycles. The minimum atomic E-state index is -0.318. The quantitative estimate of drug-likeness (QED) is 0.642. The van der Waals surface area contributed by atoms with Crippen LogP contribution in [0.1, 0.15) is 67.7 Å². The fourth-order valence-corrected chi connectivity index (χ4v) is 1.83. The van der Waals surface area contributed by atoms with E-state index >= 15 is 0 Å². The fourth-order valence-electron chi connectivity index (χ4n) is 1.83. The second-order valence-corrected chi connectivity index (χ2v) is 7.12. The lowest BCUT2D eigenvalue weighted by atomic mass is 9.83. The second kappa shape index (κ2) is 10.8. The number of hydrogen-bond acceptors (Lipinski definition) is 4. The van der Waals surface area contributed by atoms with Gasteiger partial charge in [-0.25, -0.2) is 0 Å². The first kappa shape index (κ1) is 22.4. The topological polar surface area (TPSA) is 46.6 Å².